The average molecular weight is 366 g/mol. The van der Waals surface area contributed by atoms with E-state index in [1.165, 1.54) is 0 Å². The van der Waals surface area contributed by atoms with Crippen molar-refractivity contribution in [3.05, 3.63) is 0 Å². The average Bonchev–Trinajstić information content (AvgIpc) is 0. The van der Waals surface area contributed by atoms with Crippen LogP contribution in [0.5, 0.6) is 0 Å². The molecule has 13 valence electrons. The molecule has 1 nitrogen and oxygen atoms in total. The minimum absolute atomic E-state index is 0. The minimum atomic E-state index is 0. The van der Waals surface area contributed by atoms with Crippen LogP contribution in [0.15, 0.2) is 0 Å². The van der Waals surface area contributed by atoms with Crippen LogP contribution >= 0.6 is 0 Å². The van der Waals surface area contributed by atoms with Crippen LogP contribution in [0.3, 0.4) is 0 Å². The van der Waals surface area contributed by atoms with E-state index in [9.17, 15) is 0 Å². The molecule has 0 N–H and O–H groups in total. The first kappa shape index (κ1) is 41.2. The van der Waals surface area contributed by atoms with Crippen molar-refractivity contribution in [1.82, 2.24) is 0 Å². The van der Waals surface area contributed by atoms with E-state index in [0.29, 0.717) is 0 Å². The van der Waals surface area contributed by atoms with Crippen LogP contribution in [0.4, 0.5) is 0 Å². The van der Waals surface area contributed by atoms with Crippen molar-refractivity contribution in [2.75, 3.05) is 0 Å². The van der Waals surface area contributed by atoms with Crippen LogP contribution in [0.25, 0.3) is 0 Å². The second kappa shape index (κ2) is 26.9. The van der Waals surface area contributed by atoms with E-state index in [1.54, 1.807) is 0 Å². The van der Waals surface area contributed by atoms with Gasteiger partial charge in [-0.05, 0) is 0 Å². The van der Waals surface area contributed by atoms with Crippen LogP contribution in [-0.4, -0.2) is 0 Å². The van der Waals surface area contributed by atoms with Gasteiger partial charge in [0.15, 0.2) is 0 Å². The van der Waals surface area contributed by atoms with Gasteiger partial charge in [0.1, 0.15) is 0 Å². The zero-order valence-electron chi connectivity index (χ0n) is 2.73. The molecule has 0 fully saturated rings. The molecule has 0 saturated carbocycles. The van der Waals surface area contributed by atoms with Crippen molar-refractivity contribution in [3.8, 4) is 0 Å². The molecule has 0 saturated heterocycles. The van der Waals surface area contributed by atoms with Gasteiger partial charge in [0.25, 0.3) is 0 Å². The summed E-state index contributed by atoms with van der Waals surface area (Å²) in [6, 6.07) is 0. The van der Waals surface area contributed by atoms with Crippen molar-refractivity contribution >= 4 is 13.5 Å². The second-order valence-electron chi connectivity index (χ2n) is 0. The van der Waals surface area contributed by atoms with Crippen molar-refractivity contribution < 1.29 is 94.0 Å². The first-order valence-corrected chi connectivity index (χ1v) is 0. The summed E-state index contributed by atoms with van der Waals surface area (Å²) < 4.78 is 0. The molecule has 0 aromatic heterocycles. The van der Waals surface area contributed by atoms with Gasteiger partial charge in [-0.25, -0.2) is 0 Å². The van der Waals surface area contributed by atoms with Crippen LogP contribution in [0.1, 0.15) is 0 Å². The molecule has 5 heteroatoms. The van der Waals surface area contributed by atoms with E-state index >= 15 is 0 Å². The van der Waals surface area contributed by atoms with E-state index < -0.39 is 0 Å². The molecular formula is CdCeOSZn+7. The summed E-state index contributed by atoms with van der Waals surface area (Å²) in [7, 11) is 0. The second-order valence-corrected chi connectivity index (χ2v) is 0. The van der Waals surface area contributed by atoms with E-state index in [-0.39, 0.29) is 107 Å². The molecule has 0 aromatic carbocycles. The molecule has 5 heavy (non-hydrogen) atoms. The first-order chi connectivity index (χ1) is 0. The van der Waals surface area contributed by atoms with Gasteiger partial charge in [-0.15, -0.1) is 0 Å². The third kappa shape index (κ3) is 19.0. The van der Waals surface area contributed by atoms with Gasteiger partial charge in [0.2, 0.25) is 0 Å². The summed E-state index contributed by atoms with van der Waals surface area (Å²) in [6.45, 7) is 0. The molecular weight excluding hydrogens is 366 g/mol. The molecule has 0 aliphatic carbocycles. The fraction of sp³-hybridized carbons (Fsp3) is 0. The van der Waals surface area contributed by atoms with Crippen molar-refractivity contribution in [3.63, 3.8) is 0 Å². The molecule has 0 rings (SSSR count). The minimum Gasteiger partial charge on any atom is -2.00 e. The summed E-state index contributed by atoms with van der Waals surface area (Å²) in [5.41, 5.74) is 0. The van der Waals surface area contributed by atoms with Crippen LogP contribution in [0, 0.1) is 41.7 Å². The van der Waals surface area contributed by atoms with Crippen LogP contribution in [-0.2, 0) is 65.7 Å². The molecule has 0 unspecified atom stereocenters. The van der Waals surface area contributed by atoms with Crippen molar-refractivity contribution in [2.24, 2.45) is 0 Å². The van der Waals surface area contributed by atoms with Gasteiger partial charge in [-0.3, -0.25) is 0 Å². The number of hydrogen-bond acceptors (Lipinski definition) is 0. The smallest absolute Gasteiger partial charge is 2.00 e. The maximum atomic E-state index is 0. The monoisotopic (exact) mass is 366 g/mol. The quantitative estimate of drug-likeness (QED) is 0.535. The summed E-state index contributed by atoms with van der Waals surface area (Å²) in [5.74, 6) is 0. The number of hydrogen-bond donors (Lipinski definition) is 0. The molecule has 0 aliphatic heterocycles. The fourth-order valence-corrected chi connectivity index (χ4v) is 0. The van der Waals surface area contributed by atoms with E-state index in [2.05, 4.69) is 0 Å². The Kier molecular flexibility index (Phi) is 222. The Hall–Kier alpha value is 3.23. The number of rotatable bonds is 0. The third-order valence-corrected chi connectivity index (χ3v) is 0. The summed E-state index contributed by atoms with van der Waals surface area (Å²) in [5, 5.41) is 0. The molecule has 0 bridgehead atoms. The van der Waals surface area contributed by atoms with Gasteiger partial charge in [0, 0.05) is 0 Å². The Morgan fingerprint density at radius 3 is 1.00 bits per heavy atom. The zero-order chi connectivity index (χ0) is 0. The Bertz CT molecular complexity index is 11.6. The summed E-state index contributed by atoms with van der Waals surface area (Å²) >= 11 is 0. The molecule has 5 radical (unpaired) electrons. The Labute approximate surface area is 105 Å². The first-order valence-electron chi connectivity index (χ1n) is 0. The molecule has 0 atom stereocenters. The third-order valence-electron chi connectivity index (χ3n) is 0. The van der Waals surface area contributed by atoms with Gasteiger partial charge >= 0.3 is 102 Å². The van der Waals surface area contributed by atoms with Crippen molar-refractivity contribution in [2.45, 2.75) is 0 Å². The zero-order valence-corrected chi connectivity index (χ0v) is 13.7. The Morgan fingerprint density at radius 1 is 1.00 bits per heavy atom. The molecule has 0 aliphatic rings. The van der Waals surface area contributed by atoms with Crippen LogP contribution in [0.2, 0.25) is 0 Å². The van der Waals surface area contributed by atoms with Crippen LogP contribution < -0.4 is 0 Å². The Balaban J connectivity index is 0. The fourth-order valence-electron chi connectivity index (χ4n) is 0. The summed E-state index contributed by atoms with van der Waals surface area (Å²) in [4.78, 5) is 0. The van der Waals surface area contributed by atoms with Gasteiger partial charge < -0.3 is 5.48 Å². The molecule has 0 aromatic rings. The molecule has 0 amide bonds. The SMILES string of the molecule is [Cd+2].[Ce+3].[O-2].[S+2].[Zn+2]. The maximum Gasteiger partial charge on any atom is 3.00 e. The normalized spacial score (nSPS) is 0. The topological polar surface area (TPSA) is 28.5 Å². The standard InChI is InChI=1S/Cd.Ce.O.S.Zn/q+2;+3;-2;2*+2. The Morgan fingerprint density at radius 2 is 1.00 bits per heavy atom. The predicted molar refractivity (Wildman–Crippen MR) is 8.05 cm³/mol. The van der Waals surface area contributed by atoms with E-state index in [4.69, 9.17) is 0 Å². The van der Waals surface area contributed by atoms with Gasteiger partial charge in [-0.2, -0.15) is 0 Å². The predicted octanol–water partition coefficient (Wildman–Crippen LogP) is -0.126. The van der Waals surface area contributed by atoms with Gasteiger partial charge in [-0.1, -0.05) is 0 Å². The summed E-state index contributed by atoms with van der Waals surface area (Å²) in [6.07, 6.45) is 0. The van der Waals surface area contributed by atoms with Crippen molar-refractivity contribution in [1.29, 1.82) is 0 Å². The van der Waals surface area contributed by atoms with E-state index in [0.717, 1.165) is 0 Å². The molecule has 0 spiro atoms. The maximum absolute atomic E-state index is 0. The largest absolute Gasteiger partial charge is 3.00 e. The van der Waals surface area contributed by atoms with Gasteiger partial charge in [0.05, 0.1) is 0 Å². The molecule has 0 heterocycles. The van der Waals surface area contributed by atoms with E-state index in [1.807, 2.05) is 0 Å².